The Morgan fingerprint density at radius 3 is 2.68 bits per heavy atom. The van der Waals surface area contributed by atoms with Gasteiger partial charge >= 0.3 is 0 Å². The zero-order chi connectivity index (χ0) is 16.5. The third kappa shape index (κ3) is 3.65. The number of fused-ring (bicyclic) bond motifs is 1. The summed E-state index contributed by atoms with van der Waals surface area (Å²) in [6, 6.07) is 4.24. The van der Waals surface area contributed by atoms with Crippen LogP contribution in [-0.4, -0.2) is 42.7 Å². The van der Waals surface area contributed by atoms with E-state index in [4.69, 9.17) is 4.74 Å². The molecule has 0 spiro atoms. The molecule has 1 amide bonds. The molecule has 9 heteroatoms. The van der Waals surface area contributed by atoms with Crippen molar-refractivity contribution in [2.75, 3.05) is 23.9 Å². The van der Waals surface area contributed by atoms with Crippen molar-refractivity contribution in [1.29, 1.82) is 0 Å². The minimum atomic E-state index is -3.73. The van der Waals surface area contributed by atoms with E-state index in [2.05, 4.69) is 10.0 Å². The molecule has 0 saturated carbocycles. The summed E-state index contributed by atoms with van der Waals surface area (Å²) in [7, 11) is -4.80. The second-order valence-electron chi connectivity index (χ2n) is 5.40. The van der Waals surface area contributed by atoms with Crippen molar-refractivity contribution in [2.24, 2.45) is 0 Å². The lowest BCUT2D eigenvalue weighted by atomic mass is 10.1. The molecule has 2 N–H and O–H groups in total. The predicted octanol–water partition coefficient (Wildman–Crippen LogP) is 0.453. The lowest BCUT2D eigenvalue weighted by molar-refractivity contribution is -0.129. The van der Waals surface area contributed by atoms with E-state index in [9.17, 15) is 17.4 Å². The second-order valence-corrected chi connectivity index (χ2v) is 8.72. The Morgan fingerprint density at radius 1 is 1.36 bits per heavy atom. The summed E-state index contributed by atoms with van der Waals surface area (Å²) >= 11 is 0. The molecule has 0 unspecified atom stereocenters. The van der Waals surface area contributed by atoms with Gasteiger partial charge in [0.2, 0.25) is 10.0 Å². The van der Waals surface area contributed by atoms with Crippen LogP contribution in [0.3, 0.4) is 0 Å². The van der Waals surface area contributed by atoms with Gasteiger partial charge in [0.1, 0.15) is 5.75 Å². The van der Waals surface area contributed by atoms with Crippen LogP contribution in [0.4, 0.5) is 5.69 Å². The van der Waals surface area contributed by atoms with E-state index < -0.39 is 26.4 Å². The molecule has 0 aromatic heterocycles. The Kier molecular flexibility index (Phi) is 4.59. The van der Waals surface area contributed by atoms with Gasteiger partial charge in [-0.05, 0) is 32.0 Å². The summed E-state index contributed by atoms with van der Waals surface area (Å²) in [4.78, 5) is 11.9. The van der Waals surface area contributed by atoms with Crippen LogP contribution in [0.25, 0.3) is 0 Å². The highest BCUT2D eigenvalue weighted by Gasteiger charge is 2.35. The van der Waals surface area contributed by atoms with Crippen molar-refractivity contribution in [3.63, 3.8) is 0 Å². The molecule has 1 aliphatic heterocycles. The van der Waals surface area contributed by atoms with E-state index in [-0.39, 0.29) is 23.1 Å². The maximum atomic E-state index is 12.1. The van der Waals surface area contributed by atoms with Crippen LogP contribution < -0.4 is 14.8 Å². The molecule has 122 valence electrons. The van der Waals surface area contributed by atoms with Gasteiger partial charge in [-0.25, -0.2) is 13.1 Å². The molecule has 7 nitrogen and oxygen atoms in total. The summed E-state index contributed by atoms with van der Waals surface area (Å²) in [6.45, 7) is 3.34. The Morgan fingerprint density at radius 2 is 2.05 bits per heavy atom. The van der Waals surface area contributed by atoms with Crippen molar-refractivity contribution in [3.05, 3.63) is 18.2 Å². The van der Waals surface area contributed by atoms with Crippen molar-refractivity contribution in [2.45, 2.75) is 24.3 Å². The van der Waals surface area contributed by atoms with Crippen LogP contribution in [0, 0.1) is 0 Å². The van der Waals surface area contributed by atoms with E-state index in [1.54, 1.807) is 13.8 Å². The second kappa shape index (κ2) is 5.98. The van der Waals surface area contributed by atoms with Gasteiger partial charge in [-0.1, -0.05) is 0 Å². The van der Waals surface area contributed by atoms with E-state index in [1.807, 2.05) is 0 Å². The number of carbonyl (C=O) groups excluding carboxylic acids is 1. The van der Waals surface area contributed by atoms with Crippen LogP contribution in [0.2, 0.25) is 0 Å². The van der Waals surface area contributed by atoms with Crippen LogP contribution in [0.1, 0.15) is 13.8 Å². The molecular weight excluding hydrogens is 328 g/mol. The molecule has 0 fully saturated rings. The minimum Gasteiger partial charge on any atom is -0.476 e. The van der Waals surface area contributed by atoms with Crippen LogP contribution in [-0.2, 0) is 25.6 Å². The molecule has 1 atom stereocenters. The van der Waals surface area contributed by atoms with Crippen LogP contribution in [0.15, 0.2) is 23.1 Å². The number of carbonyl (C=O) groups is 1. The van der Waals surface area contributed by atoms with Gasteiger partial charge in [-0.15, -0.1) is 0 Å². The zero-order valence-corrected chi connectivity index (χ0v) is 14.1. The average Bonchev–Trinajstić information content (AvgIpc) is 2.38. The van der Waals surface area contributed by atoms with Gasteiger partial charge in [0.05, 0.1) is 10.6 Å². The molecule has 2 rings (SSSR count). The normalized spacial score (nSPS) is 18.0. The van der Waals surface area contributed by atoms with Crippen molar-refractivity contribution in [3.8, 4) is 5.75 Å². The van der Waals surface area contributed by atoms with Gasteiger partial charge in [0, 0.05) is 29.4 Å². The fraction of sp³-hybridized carbons (Fsp3) is 0.462. The summed E-state index contributed by atoms with van der Waals surface area (Å²) < 4.78 is 43.2. The molecule has 1 aromatic carbocycles. The predicted molar refractivity (Wildman–Crippen MR) is 83.9 cm³/mol. The number of hydrogen-bond donors (Lipinski definition) is 2. The topological polar surface area (TPSA) is 102 Å². The number of hydrogen-bond acceptors (Lipinski definition) is 5. The van der Waals surface area contributed by atoms with Gasteiger partial charge in [-0.2, -0.15) is 0 Å². The smallest absolute Gasteiger partial charge is 0.268 e. The highest BCUT2D eigenvalue weighted by Crippen LogP contribution is 2.35. The first-order chi connectivity index (χ1) is 10.1. The first-order valence-corrected chi connectivity index (χ1v) is 9.77. The summed E-state index contributed by atoms with van der Waals surface area (Å²) in [5.41, 5.74) is -0.692. The van der Waals surface area contributed by atoms with Crippen molar-refractivity contribution >= 4 is 32.4 Å². The Balaban J connectivity index is 2.23. The first kappa shape index (κ1) is 16.9. The number of benzene rings is 1. The molecule has 0 radical (unpaired) electrons. The van der Waals surface area contributed by atoms with E-state index >= 15 is 0 Å². The maximum Gasteiger partial charge on any atom is 0.268 e. The average molecular weight is 346 g/mol. The lowest BCUT2D eigenvalue weighted by Gasteiger charge is -2.31. The number of amides is 1. The SMILES string of the molecule is C[S@@](=O)CCNS(=O)(=O)c1ccc2c(c1)NC(=O)C(C)(C)O2. The quantitative estimate of drug-likeness (QED) is 0.806. The molecule has 0 aliphatic carbocycles. The minimum absolute atomic E-state index is 0.0109. The van der Waals surface area contributed by atoms with Crippen LogP contribution >= 0.6 is 0 Å². The Bertz CT molecular complexity index is 728. The Labute approximate surface area is 131 Å². The monoisotopic (exact) mass is 346 g/mol. The van der Waals surface area contributed by atoms with Crippen LogP contribution in [0.5, 0.6) is 5.75 Å². The van der Waals surface area contributed by atoms with Gasteiger partial charge in [0.15, 0.2) is 5.60 Å². The molecule has 1 aliphatic rings. The molecule has 22 heavy (non-hydrogen) atoms. The Hall–Kier alpha value is -1.45. The third-order valence-electron chi connectivity index (χ3n) is 3.10. The fourth-order valence-electron chi connectivity index (χ4n) is 1.86. The zero-order valence-electron chi connectivity index (χ0n) is 12.5. The van der Waals surface area contributed by atoms with Crippen molar-refractivity contribution in [1.82, 2.24) is 4.72 Å². The number of anilines is 1. The summed E-state index contributed by atoms with van der Waals surface area (Å²) in [5.74, 6) is 0.306. The van der Waals surface area contributed by atoms with E-state index in [0.717, 1.165) is 0 Å². The fourth-order valence-corrected chi connectivity index (χ4v) is 3.44. The summed E-state index contributed by atoms with van der Waals surface area (Å²) in [5, 5.41) is 2.63. The number of rotatable bonds is 5. The van der Waals surface area contributed by atoms with Gasteiger partial charge in [-0.3, -0.25) is 9.00 Å². The van der Waals surface area contributed by atoms with Gasteiger partial charge in [0.25, 0.3) is 5.91 Å². The first-order valence-electron chi connectivity index (χ1n) is 6.56. The molecule has 0 saturated heterocycles. The maximum absolute atomic E-state index is 12.1. The molecule has 1 heterocycles. The number of nitrogens with one attached hydrogen (secondary N) is 2. The highest BCUT2D eigenvalue weighted by atomic mass is 32.2. The standard InChI is InChI=1S/C13H18N2O5S2/c1-13(2)12(16)15-10-8-9(4-5-11(10)20-13)22(18,19)14-6-7-21(3)17/h4-5,8,14H,6-7H2,1-3H3,(H,15,16)/t21-/m1/s1. The number of ether oxygens (including phenoxy) is 1. The summed E-state index contributed by atoms with van der Waals surface area (Å²) in [6.07, 6.45) is 1.50. The van der Waals surface area contributed by atoms with E-state index in [0.29, 0.717) is 11.4 Å². The third-order valence-corrected chi connectivity index (χ3v) is 5.34. The number of sulfonamides is 1. The molecule has 0 bridgehead atoms. The van der Waals surface area contributed by atoms with E-state index in [1.165, 1.54) is 24.5 Å². The largest absolute Gasteiger partial charge is 0.476 e. The van der Waals surface area contributed by atoms with Gasteiger partial charge < -0.3 is 10.1 Å². The lowest BCUT2D eigenvalue weighted by Crippen LogP contribution is -2.45. The highest BCUT2D eigenvalue weighted by molar-refractivity contribution is 7.89. The molecule has 1 aromatic rings. The van der Waals surface area contributed by atoms with Crippen molar-refractivity contribution < 1.29 is 22.2 Å². The molecular formula is C13H18N2O5S2.